The van der Waals surface area contributed by atoms with Gasteiger partial charge in [-0.1, -0.05) is 12.1 Å². The number of rotatable bonds is 4. The topological polar surface area (TPSA) is 72.3 Å². The molecule has 0 unspecified atom stereocenters. The Morgan fingerprint density at radius 2 is 1.92 bits per heavy atom. The Bertz CT molecular complexity index is 773. The van der Waals surface area contributed by atoms with E-state index in [-0.39, 0.29) is 5.91 Å². The quantitative estimate of drug-likeness (QED) is 0.928. The summed E-state index contributed by atoms with van der Waals surface area (Å²) in [5.74, 6) is 0.722. The first-order chi connectivity index (χ1) is 12.2. The number of nitrogens with one attached hydrogen (secondary N) is 1. The minimum atomic E-state index is -0.0601. The van der Waals surface area contributed by atoms with E-state index < -0.39 is 0 Å². The zero-order valence-corrected chi connectivity index (χ0v) is 14.3. The number of pyridine rings is 1. The molecule has 1 fully saturated rings. The SMILES string of the molecule is CC(=O)Nc1ccc(CN2CCN(c3ncccc3C#N)CC2)cc1. The van der Waals surface area contributed by atoms with Gasteiger partial charge in [0.1, 0.15) is 11.9 Å². The van der Waals surface area contributed by atoms with E-state index >= 15 is 0 Å². The molecule has 1 amide bonds. The highest BCUT2D eigenvalue weighted by Gasteiger charge is 2.20. The van der Waals surface area contributed by atoms with Crippen LogP contribution in [0.15, 0.2) is 42.6 Å². The third-order valence-electron chi connectivity index (χ3n) is 4.26. The molecule has 6 nitrogen and oxygen atoms in total. The lowest BCUT2D eigenvalue weighted by Gasteiger charge is -2.35. The molecule has 128 valence electrons. The summed E-state index contributed by atoms with van der Waals surface area (Å²) in [5, 5.41) is 12.0. The van der Waals surface area contributed by atoms with Crippen molar-refractivity contribution in [1.29, 1.82) is 5.26 Å². The molecule has 0 aliphatic carbocycles. The second kappa shape index (κ2) is 7.77. The van der Waals surface area contributed by atoms with Crippen molar-refractivity contribution in [3.63, 3.8) is 0 Å². The minimum absolute atomic E-state index is 0.0601. The zero-order valence-electron chi connectivity index (χ0n) is 14.3. The first kappa shape index (κ1) is 16.9. The van der Waals surface area contributed by atoms with Crippen LogP contribution in [0.5, 0.6) is 0 Å². The first-order valence-corrected chi connectivity index (χ1v) is 8.34. The van der Waals surface area contributed by atoms with Crippen LogP contribution in [0, 0.1) is 11.3 Å². The Hall–Kier alpha value is -2.91. The molecule has 2 heterocycles. The van der Waals surface area contributed by atoms with Crippen LogP contribution in [0.3, 0.4) is 0 Å². The van der Waals surface area contributed by atoms with Gasteiger partial charge < -0.3 is 10.2 Å². The van der Waals surface area contributed by atoms with Crippen molar-refractivity contribution < 1.29 is 4.79 Å². The molecule has 1 N–H and O–H groups in total. The molecular formula is C19H21N5O. The van der Waals surface area contributed by atoms with E-state index in [1.54, 1.807) is 12.3 Å². The number of nitriles is 1. The number of nitrogens with zero attached hydrogens (tertiary/aromatic N) is 4. The van der Waals surface area contributed by atoms with Crippen LogP contribution >= 0.6 is 0 Å². The summed E-state index contributed by atoms with van der Waals surface area (Å²) in [6, 6.07) is 13.8. The van der Waals surface area contributed by atoms with Crippen molar-refractivity contribution in [2.75, 3.05) is 36.4 Å². The molecule has 0 saturated carbocycles. The number of amides is 1. The smallest absolute Gasteiger partial charge is 0.221 e. The van der Waals surface area contributed by atoms with Crippen LogP contribution in [0.25, 0.3) is 0 Å². The van der Waals surface area contributed by atoms with Crippen LogP contribution < -0.4 is 10.2 Å². The molecule has 0 radical (unpaired) electrons. The van der Waals surface area contributed by atoms with Crippen LogP contribution in [0.1, 0.15) is 18.1 Å². The fourth-order valence-electron chi connectivity index (χ4n) is 3.01. The van der Waals surface area contributed by atoms with E-state index in [0.29, 0.717) is 5.56 Å². The second-order valence-corrected chi connectivity index (χ2v) is 6.13. The lowest BCUT2D eigenvalue weighted by Crippen LogP contribution is -2.46. The molecule has 1 aromatic carbocycles. The molecule has 1 aliphatic heterocycles. The molecule has 6 heteroatoms. The van der Waals surface area contributed by atoms with E-state index in [1.165, 1.54) is 12.5 Å². The number of carbonyl (C=O) groups excluding carboxylic acids is 1. The van der Waals surface area contributed by atoms with Gasteiger partial charge in [0, 0.05) is 51.5 Å². The van der Waals surface area contributed by atoms with Crippen molar-refractivity contribution in [3.8, 4) is 6.07 Å². The number of carbonyl (C=O) groups is 1. The Morgan fingerprint density at radius 1 is 1.20 bits per heavy atom. The van der Waals surface area contributed by atoms with Crippen LogP contribution in [0.2, 0.25) is 0 Å². The molecule has 25 heavy (non-hydrogen) atoms. The number of hydrogen-bond donors (Lipinski definition) is 1. The van der Waals surface area contributed by atoms with Crippen molar-refractivity contribution in [1.82, 2.24) is 9.88 Å². The molecule has 0 bridgehead atoms. The van der Waals surface area contributed by atoms with Gasteiger partial charge in [0.15, 0.2) is 0 Å². The van der Waals surface area contributed by atoms with Crippen LogP contribution in [-0.2, 0) is 11.3 Å². The molecular weight excluding hydrogens is 314 g/mol. The van der Waals surface area contributed by atoms with E-state index in [4.69, 9.17) is 0 Å². The summed E-state index contributed by atoms with van der Waals surface area (Å²) in [6.07, 6.45) is 1.74. The Balaban J connectivity index is 1.56. The van der Waals surface area contributed by atoms with Crippen molar-refractivity contribution in [2.45, 2.75) is 13.5 Å². The minimum Gasteiger partial charge on any atom is -0.353 e. The van der Waals surface area contributed by atoms with E-state index in [1.807, 2.05) is 30.3 Å². The maximum absolute atomic E-state index is 11.1. The maximum atomic E-state index is 11.1. The number of hydrogen-bond acceptors (Lipinski definition) is 5. The van der Waals surface area contributed by atoms with Gasteiger partial charge in [-0.15, -0.1) is 0 Å². The van der Waals surface area contributed by atoms with Crippen LogP contribution in [-0.4, -0.2) is 42.0 Å². The van der Waals surface area contributed by atoms with E-state index in [9.17, 15) is 10.1 Å². The third kappa shape index (κ3) is 4.34. The summed E-state index contributed by atoms with van der Waals surface area (Å²) in [7, 11) is 0. The number of piperazine rings is 1. The summed E-state index contributed by atoms with van der Waals surface area (Å²) in [5.41, 5.74) is 2.67. The molecule has 1 aliphatic rings. The zero-order chi connectivity index (χ0) is 17.6. The fourth-order valence-corrected chi connectivity index (χ4v) is 3.01. The first-order valence-electron chi connectivity index (χ1n) is 8.34. The molecule has 2 aromatic rings. The lowest BCUT2D eigenvalue weighted by molar-refractivity contribution is -0.114. The van der Waals surface area contributed by atoms with Gasteiger partial charge in [0.25, 0.3) is 0 Å². The molecule has 1 saturated heterocycles. The van der Waals surface area contributed by atoms with Gasteiger partial charge in [-0.05, 0) is 29.8 Å². The highest BCUT2D eigenvalue weighted by Crippen LogP contribution is 2.19. The average molecular weight is 335 g/mol. The largest absolute Gasteiger partial charge is 0.353 e. The van der Waals surface area contributed by atoms with Crippen molar-refractivity contribution in [3.05, 3.63) is 53.7 Å². The van der Waals surface area contributed by atoms with Crippen molar-refractivity contribution in [2.24, 2.45) is 0 Å². The summed E-state index contributed by atoms with van der Waals surface area (Å²) >= 11 is 0. The standard InChI is InChI=1S/C19H21N5O/c1-15(25)22-18-6-4-16(5-7-18)14-23-9-11-24(12-10-23)19-17(13-20)3-2-8-21-19/h2-8H,9-12,14H2,1H3,(H,22,25). The summed E-state index contributed by atoms with van der Waals surface area (Å²) in [6.45, 7) is 5.95. The monoisotopic (exact) mass is 335 g/mol. The van der Waals surface area contributed by atoms with Gasteiger partial charge in [-0.25, -0.2) is 4.98 Å². The number of aromatic nitrogens is 1. The lowest BCUT2D eigenvalue weighted by atomic mass is 10.1. The Morgan fingerprint density at radius 3 is 2.56 bits per heavy atom. The average Bonchev–Trinajstić information content (AvgIpc) is 2.63. The number of benzene rings is 1. The highest BCUT2D eigenvalue weighted by atomic mass is 16.1. The van der Waals surface area contributed by atoms with Gasteiger partial charge in [0.2, 0.25) is 5.91 Å². The number of anilines is 2. The highest BCUT2D eigenvalue weighted by molar-refractivity contribution is 5.88. The summed E-state index contributed by atoms with van der Waals surface area (Å²) < 4.78 is 0. The molecule has 1 aromatic heterocycles. The predicted octanol–water partition coefficient (Wildman–Crippen LogP) is 2.23. The van der Waals surface area contributed by atoms with E-state index in [0.717, 1.165) is 44.2 Å². The van der Waals surface area contributed by atoms with E-state index in [2.05, 4.69) is 26.2 Å². The van der Waals surface area contributed by atoms with Gasteiger partial charge >= 0.3 is 0 Å². The van der Waals surface area contributed by atoms with Crippen molar-refractivity contribution >= 4 is 17.4 Å². The van der Waals surface area contributed by atoms with Gasteiger partial charge in [-0.2, -0.15) is 5.26 Å². The van der Waals surface area contributed by atoms with Gasteiger partial charge in [0.05, 0.1) is 5.56 Å². The fraction of sp³-hybridized carbons (Fsp3) is 0.316. The molecule has 0 atom stereocenters. The third-order valence-corrected chi connectivity index (χ3v) is 4.26. The molecule has 3 rings (SSSR count). The Kier molecular flexibility index (Phi) is 5.26. The normalized spacial score (nSPS) is 14.8. The van der Waals surface area contributed by atoms with Gasteiger partial charge in [-0.3, -0.25) is 9.69 Å². The Labute approximate surface area is 147 Å². The predicted molar refractivity (Wildman–Crippen MR) is 97.2 cm³/mol. The maximum Gasteiger partial charge on any atom is 0.221 e. The summed E-state index contributed by atoms with van der Waals surface area (Å²) in [4.78, 5) is 20.0. The second-order valence-electron chi connectivity index (χ2n) is 6.13. The van der Waals surface area contributed by atoms with Crippen LogP contribution in [0.4, 0.5) is 11.5 Å². The molecule has 0 spiro atoms.